The molecule has 1 unspecified atom stereocenters. The van der Waals surface area contributed by atoms with Crippen LogP contribution in [0.25, 0.3) is 0 Å². The molecule has 1 atom stereocenters. The van der Waals surface area contributed by atoms with E-state index >= 15 is 0 Å². The van der Waals surface area contributed by atoms with E-state index in [2.05, 4.69) is 15.5 Å². The topological polar surface area (TPSA) is 78.3 Å². The van der Waals surface area contributed by atoms with Crippen molar-refractivity contribution in [3.63, 3.8) is 0 Å². The summed E-state index contributed by atoms with van der Waals surface area (Å²) in [6.45, 7) is 0.846. The molecule has 25 heavy (non-hydrogen) atoms. The fourth-order valence-electron chi connectivity index (χ4n) is 2.72. The highest BCUT2D eigenvalue weighted by Crippen LogP contribution is 2.39. The molecule has 1 N–H and O–H groups in total. The van der Waals surface area contributed by atoms with Crippen LogP contribution in [0.1, 0.15) is 24.6 Å². The molecule has 4 rings (SSSR count). The molecule has 2 aliphatic rings. The third kappa shape index (κ3) is 3.73. The number of carbonyl (C=O) groups excluding carboxylic acids is 1. The lowest BCUT2D eigenvalue weighted by molar-refractivity contribution is -0.119. The standard InChI is InChI=1S/C17H20N4O3S/c1-21-16(11-6-7-11)19-20-17(21)25-10-15(22)18-8-12-9-23-13-4-2-3-5-14(13)24-12/h2-5,11-12H,6-10H2,1H3,(H,18,22). The van der Waals surface area contributed by atoms with Gasteiger partial charge >= 0.3 is 0 Å². The molecule has 1 aromatic heterocycles. The lowest BCUT2D eigenvalue weighted by atomic mass is 10.2. The highest BCUT2D eigenvalue weighted by molar-refractivity contribution is 7.99. The number of para-hydroxylation sites is 2. The highest BCUT2D eigenvalue weighted by Gasteiger charge is 2.29. The fourth-order valence-corrected chi connectivity index (χ4v) is 3.47. The molecule has 1 fully saturated rings. The molecule has 8 heteroatoms. The van der Waals surface area contributed by atoms with Gasteiger partial charge in [0, 0.05) is 13.0 Å². The van der Waals surface area contributed by atoms with Crippen molar-refractivity contribution in [2.24, 2.45) is 7.05 Å². The Hall–Kier alpha value is -2.22. The zero-order chi connectivity index (χ0) is 17.2. The molecule has 2 aromatic rings. The third-order valence-electron chi connectivity index (χ3n) is 4.24. The van der Waals surface area contributed by atoms with E-state index in [0.29, 0.717) is 30.6 Å². The summed E-state index contributed by atoms with van der Waals surface area (Å²) in [5, 5.41) is 12.1. The number of fused-ring (bicyclic) bond motifs is 1. The number of benzene rings is 1. The molecule has 1 aromatic carbocycles. The van der Waals surface area contributed by atoms with Gasteiger partial charge in [-0.2, -0.15) is 0 Å². The van der Waals surface area contributed by atoms with E-state index in [1.807, 2.05) is 35.9 Å². The minimum absolute atomic E-state index is 0.0524. The Balaban J connectivity index is 1.23. The number of rotatable bonds is 6. The predicted molar refractivity (Wildman–Crippen MR) is 93.1 cm³/mol. The van der Waals surface area contributed by atoms with E-state index in [0.717, 1.165) is 16.7 Å². The average Bonchev–Trinajstić information content (AvgIpc) is 3.41. The van der Waals surface area contributed by atoms with Crippen LogP contribution in [-0.2, 0) is 11.8 Å². The Kier molecular flexibility index (Phi) is 4.52. The van der Waals surface area contributed by atoms with Gasteiger partial charge in [-0.25, -0.2) is 0 Å². The first kappa shape index (κ1) is 16.3. The number of aromatic nitrogens is 3. The first-order chi connectivity index (χ1) is 12.2. The van der Waals surface area contributed by atoms with Crippen molar-refractivity contribution < 1.29 is 14.3 Å². The Bertz CT molecular complexity index is 775. The normalized spacial score (nSPS) is 18.8. The molecule has 1 saturated carbocycles. The van der Waals surface area contributed by atoms with Crippen molar-refractivity contribution in [1.82, 2.24) is 20.1 Å². The van der Waals surface area contributed by atoms with Crippen LogP contribution in [0.5, 0.6) is 11.5 Å². The molecule has 2 heterocycles. The van der Waals surface area contributed by atoms with Crippen molar-refractivity contribution in [2.75, 3.05) is 18.9 Å². The lowest BCUT2D eigenvalue weighted by Gasteiger charge is -2.26. The Morgan fingerprint density at radius 3 is 2.92 bits per heavy atom. The van der Waals surface area contributed by atoms with Crippen LogP contribution in [0.3, 0.4) is 0 Å². The van der Waals surface area contributed by atoms with Crippen molar-refractivity contribution in [1.29, 1.82) is 0 Å². The molecule has 0 spiro atoms. The summed E-state index contributed by atoms with van der Waals surface area (Å²) in [5.41, 5.74) is 0. The number of carbonyl (C=O) groups is 1. The highest BCUT2D eigenvalue weighted by atomic mass is 32.2. The first-order valence-corrected chi connectivity index (χ1v) is 9.36. The van der Waals surface area contributed by atoms with E-state index < -0.39 is 0 Å². The van der Waals surface area contributed by atoms with Gasteiger partial charge in [-0.3, -0.25) is 4.79 Å². The Morgan fingerprint density at radius 1 is 1.32 bits per heavy atom. The van der Waals surface area contributed by atoms with Gasteiger partial charge in [-0.05, 0) is 25.0 Å². The number of ether oxygens (including phenoxy) is 2. The van der Waals surface area contributed by atoms with E-state index in [1.165, 1.54) is 24.6 Å². The molecular formula is C17H20N4O3S. The smallest absolute Gasteiger partial charge is 0.230 e. The number of amides is 1. The van der Waals surface area contributed by atoms with Crippen molar-refractivity contribution in [3.8, 4) is 11.5 Å². The van der Waals surface area contributed by atoms with Crippen LogP contribution >= 0.6 is 11.8 Å². The van der Waals surface area contributed by atoms with Crippen LogP contribution in [0.15, 0.2) is 29.4 Å². The molecule has 1 aliphatic carbocycles. The van der Waals surface area contributed by atoms with Gasteiger partial charge in [0.25, 0.3) is 0 Å². The van der Waals surface area contributed by atoms with Crippen LogP contribution in [0, 0.1) is 0 Å². The summed E-state index contributed by atoms with van der Waals surface area (Å²) >= 11 is 1.40. The lowest BCUT2D eigenvalue weighted by Crippen LogP contribution is -2.41. The zero-order valence-electron chi connectivity index (χ0n) is 14.0. The summed E-state index contributed by atoms with van der Waals surface area (Å²) in [6, 6.07) is 7.54. The molecule has 0 radical (unpaired) electrons. The molecule has 0 saturated heterocycles. The van der Waals surface area contributed by atoms with E-state index in [-0.39, 0.29) is 12.0 Å². The number of nitrogens with zero attached hydrogens (tertiary/aromatic N) is 3. The first-order valence-electron chi connectivity index (χ1n) is 8.38. The second kappa shape index (κ2) is 6.95. The molecular weight excluding hydrogens is 340 g/mol. The summed E-state index contributed by atoms with van der Waals surface area (Å²) in [6.07, 6.45) is 2.19. The van der Waals surface area contributed by atoms with E-state index in [4.69, 9.17) is 9.47 Å². The predicted octanol–water partition coefficient (Wildman–Crippen LogP) is 1.74. The Labute approximate surface area is 150 Å². The molecule has 1 amide bonds. The SMILES string of the molecule is Cn1c(SCC(=O)NCC2COc3ccccc3O2)nnc1C1CC1. The van der Waals surface area contributed by atoms with Crippen LogP contribution in [-0.4, -0.2) is 45.7 Å². The average molecular weight is 360 g/mol. The monoisotopic (exact) mass is 360 g/mol. The minimum atomic E-state index is -0.180. The summed E-state index contributed by atoms with van der Waals surface area (Å²) < 4.78 is 13.5. The number of nitrogens with one attached hydrogen (secondary N) is 1. The number of thioether (sulfide) groups is 1. The van der Waals surface area contributed by atoms with E-state index in [1.54, 1.807) is 0 Å². The van der Waals surface area contributed by atoms with Crippen LogP contribution in [0.2, 0.25) is 0 Å². The second-order valence-electron chi connectivity index (χ2n) is 6.26. The fraction of sp³-hybridized carbons (Fsp3) is 0.471. The van der Waals surface area contributed by atoms with Gasteiger partial charge in [0.2, 0.25) is 5.91 Å². The Morgan fingerprint density at radius 2 is 2.12 bits per heavy atom. The van der Waals surface area contributed by atoms with Crippen molar-refractivity contribution in [2.45, 2.75) is 30.0 Å². The summed E-state index contributed by atoms with van der Waals surface area (Å²) in [5.74, 6) is 3.29. The largest absolute Gasteiger partial charge is 0.486 e. The number of hydrogen-bond acceptors (Lipinski definition) is 6. The minimum Gasteiger partial charge on any atom is -0.486 e. The van der Waals surface area contributed by atoms with E-state index in [9.17, 15) is 4.79 Å². The van der Waals surface area contributed by atoms with Crippen molar-refractivity contribution >= 4 is 17.7 Å². The maximum Gasteiger partial charge on any atom is 0.230 e. The zero-order valence-corrected chi connectivity index (χ0v) is 14.8. The maximum atomic E-state index is 12.1. The van der Waals surface area contributed by atoms with Gasteiger partial charge < -0.3 is 19.4 Å². The summed E-state index contributed by atoms with van der Waals surface area (Å²) in [4.78, 5) is 12.1. The molecule has 132 valence electrons. The van der Waals surface area contributed by atoms with Crippen LogP contribution in [0.4, 0.5) is 0 Å². The quantitative estimate of drug-likeness (QED) is 0.791. The summed E-state index contributed by atoms with van der Waals surface area (Å²) in [7, 11) is 1.96. The molecule has 7 nitrogen and oxygen atoms in total. The van der Waals surface area contributed by atoms with Crippen LogP contribution < -0.4 is 14.8 Å². The van der Waals surface area contributed by atoms with Gasteiger partial charge in [0.05, 0.1) is 12.3 Å². The van der Waals surface area contributed by atoms with Gasteiger partial charge in [-0.1, -0.05) is 23.9 Å². The van der Waals surface area contributed by atoms with Gasteiger partial charge in [0.15, 0.2) is 16.7 Å². The molecule has 1 aliphatic heterocycles. The molecule has 0 bridgehead atoms. The van der Waals surface area contributed by atoms with Gasteiger partial charge in [0.1, 0.15) is 18.5 Å². The van der Waals surface area contributed by atoms with Crippen molar-refractivity contribution in [3.05, 3.63) is 30.1 Å². The third-order valence-corrected chi connectivity index (χ3v) is 5.26. The second-order valence-corrected chi connectivity index (χ2v) is 7.21. The maximum absolute atomic E-state index is 12.1. The van der Waals surface area contributed by atoms with Gasteiger partial charge in [-0.15, -0.1) is 10.2 Å². The number of hydrogen-bond donors (Lipinski definition) is 1.